The summed E-state index contributed by atoms with van der Waals surface area (Å²) in [6, 6.07) is 2.62. The molecule has 1 aliphatic carbocycles. The Morgan fingerprint density at radius 2 is 2.00 bits per heavy atom. The van der Waals surface area contributed by atoms with Crippen molar-refractivity contribution in [2.75, 3.05) is 6.54 Å². The molecule has 0 bridgehead atoms. The highest BCUT2D eigenvalue weighted by atomic mass is 35.5. The molecule has 1 aliphatic rings. The van der Waals surface area contributed by atoms with Crippen molar-refractivity contribution in [3.05, 3.63) is 29.1 Å². The number of hydrogen-bond donors (Lipinski definition) is 0. The van der Waals surface area contributed by atoms with Crippen LogP contribution in [0.1, 0.15) is 37.8 Å². The Bertz CT molecular complexity index is 627. The molecule has 0 atom stereocenters. The Labute approximate surface area is 131 Å². The summed E-state index contributed by atoms with van der Waals surface area (Å²) >= 11 is 5.71. The largest absolute Gasteiger partial charge is 0.243 e. The van der Waals surface area contributed by atoms with Crippen LogP contribution in [0.2, 0.25) is 0 Å². The van der Waals surface area contributed by atoms with E-state index in [1.165, 1.54) is 16.4 Å². The van der Waals surface area contributed by atoms with E-state index in [4.69, 9.17) is 11.6 Å². The van der Waals surface area contributed by atoms with E-state index >= 15 is 0 Å². The van der Waals surface area contributed by atoms with E-state index < -0.39 is 15.8 Å². The summed E-state index contributed by atoms with van der Waals surface area (Å²) in [6.07, 6.45) is 2.15. The van der Waals surface area contributed by atoms with Crippen molar-refractivity contribution in [2.45, 2.75) is 50.4 Å². The highest BCUT2D eigenvalue weighted by Gasteiger charge is 2.33. The van der Waals surface area contributed by atoms with Crippen LogP contribution in [0, 0.1) is 18.7 Å². The lowest BCUT2D eigenvalue weighted by Gasteiger charge is -2.26. The summed E-state index contributed by atoms with van der Waals surface area (Å²) in [5.74, 6) is -0.0150. The minimum Gasteiger partial charge on any atom is -0.207 e. The molecule has 118 valence electrons. The van der Waals surface area contributed by atoms with Gasteiger partial charge in [-0.25, -0.2) is 12.8 Å². The first kappa shape index (κ1) is 16.7. The number of sulfonamides is 1. The van der Waals surface area contributed by atoms with Crippen LogP contribution in [-0.4, -0.2) is 25.3 Å². The zero-order valence-corrected chi connectivity index (χ0v) is 14.1. The van der Waals surface area contributed by atoms with Gasteiger partial charge in [-0.2, -0.15) is 4.31 Å². The summed E-state index contributed by atoms with van der Waals surface area (Å²) in [7, 11) is -3.62. The lowest BCUT2D eigenvalue weighted by molar-refractivity contribution is 0.341. The molecule has 0 radical (unpaired) electrons. The van der Waals surface area contributed by atoms with Gasteiger partial charge in [0.05, 0.1) is 10.8 Å². The number of halogens is 2. The maximum atomic E-state index is 13.9. The summed E-state index contributed by atoms with van der Waals surface area (Å²) in [5, 5.41) is 0. The lowest BCUT2D eigenvalue weighted by atomic mass is 10.1. The van der Waals surface area contributed by atoms with E-state index in [0.29, 0.717) is 18.0 Å². The fourth-order valence-electron chi connectivity index (χ4n) is 2.33. The predicted molar refractivity (Wildman–Crippen MR) is 82.4 cm³/mol. The van der Waals surface area contributed by atoms with Crippen molar-refractivity contribution in [1.82, 2.24) is 4.31 Å². The quantitative estimate of drug-likeness (QED) is 0.745. The molecule has 0 saturated heterocycles. The smallest absolute Gasteiger partial charge is 0.207 e. The number of nitrogens with zero attached hydrogens (tertiary/aromatic N) is 1. The molecule has 1 fully saturated rings. The van der Waals surface area contributed by atoms with Gasteiger partial charge in [0, 0.05) is 18.2 Å². The van der Waals surface area contributed by atoms with Crippen molar-refractivity contribution >= 4 is 21.6 Å². The first-order chi connectivity index (χ1) is 9.77. The number of rotatable bonds is 6. The number of hydrogen-bond acceptors (Lipinski definition) is 2. The van der Waals surface area contributed by atoms with Crippen LogP contribution in [0.5, 0.6) is 0 Å². The first-order valence-electron chi connectivity index (χ1n) is 7.14. The van der Waals surface area contributed by atoms with Gasteiger partial charge in [-0.15, -0.1) is 11.6 Å². The van der Waals surface area contributed by atoms with Gasteiger partial charge in [-0.1, -0.05) is 0 Å². The van der Waals surface area contributed by atoms with Crippen LogP contribution < -0.4 is 0 Å². The summed E-state index contributed by atoms with van der Waals surface area (Å²) in [6.45, 7) is 5.81. The first-order valence-corrected chi connectivity index (χ1v) is 9.11. The van der Waals surface area contributed by atoms with Gasteiger partial charge in [-0.05, 0) is 57.2 Å². The monoisotopic (exact) mass is 333 g/mol. The Balaban J connectivity index is 2.43. The van der Waals surface area contributed by atoms with E-state index in [-0.39, 0.29) is 22.4 Å². The number of benzene rings is 1. The predicted octanol–water partition coefficient (Wildman–Crippen LogP) is 3.68. The molecule has 0 N–H and O–H groups in total. The minimum absolute atomic E-state index is 0.0413. The lowest BCUT2D eigenvalue weighted by Crippen LogP contribution is -2.38. The summed E-state index contributed by atoms with van der Waals surface area (Å²) in [4.78, 5) is 0.131. The third kappa shape index (κ3) is 3.58. The van der Waals surface area contributed by atoms with Gasteiger partial charge >= 0.3 is 0 Å². The van der Waals surface area contributed by atoms with E-state index in [9.17, 15) is 12.8 Å². The fraction of sp³-hybridized carbons (Fsp3) is 0.600. The molecule has 1 aromatic rings. The van der Waals surface area contributed by atoms with Crippen LogP contribution >= 0.6 is 11.6 Å². The highest BCUT2D eigenvalue weighted by Crippen LogP contribution is 2.33. The summed E-state index contributed by atoms with van der Waals surface area (Å²) in [5.41, 5.74) is 0.534. The molecular weight excluding hydrogens is 313 g/mol. The van der Waals surface area contributed by atoms with E-state index in [2.05, 4.69) is 0 Å². The number of alkyl halides is 1. The molecule has 0 unspecified atom stereocenters. The van der Waals surface area contributed by atoms with Crippen LogP contribution in [0.25, 0.3) is 0 Å². The Morgan fingerprint density at radius 3 is 2.48 bits per heavy atom. The Morgan fingerprint density at radius 1 is 1.38 bits per heavy atom. The molecule has 21 heavy (non-hydrogen) atoms. The third-order valence-electron chi connectivity index (χ3n) is 3.76. The van der Waals surface area contributed by atoms with Gasteiger partial charge in [0.25, 0.3) is 0 Å². The SMILES string of the molecule is Cc1cc(S(=O)(=O)N(CC2CC2)C(C)C)cc(CCl)c1F. The van der Waals surface area contributed by atoms with Crippen LogP contribution in [0.4, 0.5) is 4.39 Å². The molecule has 1 saturated carbocycles. The molecule has 2 rings (SSSR count). The third-order valence-corrected chi connectivity index (χ3v) is 6.07. The molecule has 0 aliphatic heterocycles. The van der Waals surface area contributed by atoms with E-state index in [1.54, 1.807) is 6.92 Å². The van der Waals surface area contributed by atoms with Crippen molar-refractivity contribution in [2.24, 2.45) is 5.92 Å². The van der Waals surface area contributed by atoms with E-state index in [1.807, 2.05) is 13.8 Å². The molecule has 0 heterocycles. The normalized spacial score (nSPS) is 16.0. The van der Waals surface area contributed by atoms with Crippen molar-refractivity contribution in [1.29, 1.82) is 0 Å². The fourth-order valence-corrected chi connectivity index (χ4v) is 4.37. The Hall–Kier alpha value is -0.650. The molecule has 1 aromatic carbocycles. The van der Waals surface area contributed by atoms with Crippen molar-refractivity contribution in [3.8, 4) is 0 Å². The van der Waals surface area contributed by atoms with Crippen LogP contribution in [-0.2, 0) is 15.9 Å². The zero-order chi connectivity index (χ0) is 15.8. The highest BCUT2D eigenvalue weighted by molar-refractivity contribution is 7.89. The van der Waals surface area contributed by atoms with Crippen LogP contribution in [0.3, 0.4) is 0 Å². The second-order valence-corrected chi connectivity index (χ2v) is 8.12. The standard InChI is InChI=1S/C15H21ClFNO2S/c1-10(2)18(9-12-4-5-12)21(19,20)14-6-11(3)15(17)13(7-14)8-16/h6-7,10,12H,4-5,8-9H2,1-3H3. The van der Waals surface area contributed by atoms with E-state index in [0.717, 1.165) is 12.8 Å². The van der Waals surface area contributed by atoms with Crippen molar-refractivity contribution < 1.29 is 12.8 Å². The molecule has 0 amide bonds. The maximum Gasteiger partial charge on any atom is 0.243 e. The topological polar surface area (TPSA) is 37.4 Å². The molecule has 3 nitrogen and oxygen atoms in total. The van der Waals surface area contributed by atoms with Crippen LogP contribution in [0.15, 0.2) is 17.0 Å². The molecular formula is C15H21ClFNO2S. The number of aryl methyl sites for hydroxylation is 1. The minimum atomic E-state index is -3.62. The maximum absolute atomic E-state index is 13.9. The van der Waals surface area contributed by atoms with Gasteiger partial charge in [0.15, 0.2) is 0 Å². The van der Waals surface area contributed by atoms with Crippen molar-refractivity contribution in [3.63, 3.8) is 0 Å². The Kier molecular flexibility index (Phi) is 4.96. The van der Waals surface area contributed by atoms with Gasteiger partial charge in [-0.3, -0.25) is 0 Å². The van der Waals surface area contributed by atoms with Gasteiger partial charge in [0.1, 0.15) is 5.82 Å². The zero-order valence-electron chi connectivity index (χ0n) is 12.6. The van der Waals surface area contributed by atoms with Gasteiger partial charge in [0.2, 0.25) is 10.0 Å². The summed E-state index contributed by atoms with van der Waals surface area (Å²) < 4.78 is 41.0. The average molecular weight is 334 g/mol. The van der Waals surface area contributed by atoms with Gasteiger partial charge < -0.3 is 0 Å². The molecule has 0 aromatic heterocycles. The second kappa shape index (κ2) is 6.23. The average Bonchev–Trinajstić information content (AvgIpc) is 3.22. The molecule has 0 spiro atoms. The molecule has 6 heteroatoms. The second-order valence-electron chi connectivity index (χ2n) is 5.96.